The lowest BCUT2D eigenvalue weighted by Crippen LogP contribution is -2.42. The van der Waals surface area contributed by atoms with E-state index in [0.717, 1.165) is 0 Å². The molecule has 2 unspecified atom stereocenters. The highest BCUT2D eigenvalue weighted by Crippen LogP contribution is 2.60. The van der Waals surface area contributed by atoms with Gasteiger partial charge < -0.3 is 9.47 Å². The molecule has 0 aliphatic carbocycles. The Kier molecular flexibility index (Phi) is 3.01. The van der Waals surface area contributed by atoms with Crippen molar-refractivity contribution in [3.63, 3.8) is 0 Å². The van der Waals surface area contributed by atoms with Gasteiger partial charge in [-0.25, -0.2) is 10.0 Å². The van der Waals surface area contributed by atoms with Crippen molar-refractivity contribution < 1.29 is 9.47 Å². The minimum absolute atomic E-state index is 0.0683. The summed E-state index contributed by atoms with van der Waals surface area (Å²) in [5.74, 6) is 0. The Labute approximate surface area is 83.3 Å². The highest BCUT2D eigenvalue weighted by molar-refractivity contribution is 8.34. The Balaban J connectivity index is 2.90. The Morgan fingerprint density at radius 3 is 2.23 bits per heavy atom. The van der Waals surface area contributed by atoms with Gasteiger partial charge in [0.05, 0.1) is 6.10 Å². The van der Waals surface area contributed by atoms with Crippen LogP contribution in [0.5, 0.6) is 0 Å². The van der Waals surface area contributed by atoms with Crippen LogP contribution in [0.25, 0.3) is 0 Å². The molecule has 2 atom stereocenters. The summed E-state index contributed by atoms with van der Waals surface area (Å²) >= 11 is 0. The molecule has 1 saturated heterocycles. The van der Waals surface area contributed by atoms with Crippen LogP contribution in [0.15, 0.2) is 0 Å². The number of hydrogen-bond acceptors (Lipinski definition) is 2. The summed E-state index contributed by atoms with van der Waals surface area (Å²) < 4.78 is 11.3. The Morgan fingerprint density at radius 1 is 1.38 bits per heavy atom. The maximum atomic E-state index is 5.79. The first-order valence-electron chi connectivity index (χ1n) is 4.79. The average molecular weight is 206 g/mol. The zero-order valence-electron chi connectivity index (χ0n) is 9.59. The van der Waals surface area contributed by atoms with E-state index in [1.807, 2.05) is 0 Å². The lowest BCUT2D eigenvalue weighted by molar-refractivity contribution is 0.0361. The van der Waals surface area contributed by atoms with E-state index in [-0.39, 0.29) is 11.0 Å². The molecule has 1 rings (SSSR count). The van der Waals surface area contributed by atoms with Gasteiger partial charge in [0.1, 0.15) is 11.7 Å². The summed E-state index contributed by atoms with van der Waals surface area (Å²) in [4.78, 5) is -0.0683. The molecule has 1 aliphatic rings. The predicted molar refractivity (Wildman–Crippen MR) is 59.5 cm³/mol. The van der Waals surface area contributed by atoms with Gasteiger partial charge in [-0.3, -0.25) is 0 Å². The van der Waals surface area contributed by atoms with Crippen LogP contribution in [0.1, 0.15) is 27.7 Å². The van der Waals surface area contributed by atoms with E-state index < -0.39 is 10.0 Å². The van der Waals surface area contributed by atoms with Crippen LogP contribution in [0.3, 0.4) is 0 Å². The quantitative estimate of drug-likeness (QED) is 0.691. The van der Waals surface area contributed by atoms with Crippen LogP contribution in [-0.2, 0) is 9.47 Å². The standard InChI is InChI=1S/C10H22O2S/c1-8(2)13(5,6)10(4)9(3)11-7-12-10/h8-9H,7H2,1-6H3. The van der Waals surface area contributed by atoms with Crippen LogP contribution in [0.4, 0.5) is 0 Å². The fraction of sp³-hybridized carbons (Fsp3) is 1.00. The third-order valence-corrected chi connectivity index (χ3v) is 8.52. The average Bonchev–Trinajstić information content (AvgIpc) is 2.33. The molecule has 80 valence electrons. The molecule has 0 amide bonds. The van der Waals surface area contributed by atoms with Crippen molar-refractivity contribution in [1.29, 1.82) is 0 Å². The molecule has 0 aromatic carbocycles. The van der Waals surface area contributed by atoms with Gasteiger partial charge >= 0.3 is 0 Å². The highest BCUT2D eigenvalue weighted by atomic mass is 32.3. The molecular weight excluding hydrogens is 184 g/mol. The van der Waals surface area contributed by atoms with Crippen molar-refractivity contribution in [1.82, 2.24) is 0 Å². The predicted octanol–water partition coefficient (Wildman–Crippen LogP) is 2.57. The fourth-order valence-electron chi connectivity index (χ4n) is 1.57. The first-order valence-corrected chi connectivity index (χ1v) is 7.31. The molecule has 0 spiro atoms. The van der Waals surface area contributed by atoms with E-state index in [1.54, 1.807) is 0 Å². The summed E-state index contributed by atoms with van der Waals surface area (Å²) in [6.45, 7) is 9.31. The lowest BCUT2D eigenvalue weighted by Gasteiger charge is -2.50. The second-order valence-corrected chi connectivity index (χ2v) is 9.11. The molecule has 0 saturated carbocycles. The monoisotopic (exact) mass is 206 g/mol. The summed E-state index contributed by atoms with van der Waals surface area (Å²) in [5.41, 5.74) is 0. The van der Waals surface area contributed by atoms with Gasteiger partial charge in [-0.1, -0.05) is 13.8 Å². The van der Waals surface area contributed by atoms with Gasteiger partial charge in [-0.15, -0.1) is 0 Å². The van der Waals surface area contributed by atoms with E-state index in [2.05, 4.69) is 40.2 Å². The van der Waals surface area contributed by atoms with E-state index in [9.17, 15) is 0 Å². The Bertz CT molecular complexity index is 191. The van der Waals surface area contributed by atoms with E-state index in [0.29, 0.717) is 12.0 Å². The van der Waals surface area contributed by atoms with Gasteiger partial charge in [0, 0.05) is 0 Å². The van der Waals surface area contributed by atoms with Crippen molar-refractivity contribution >= 4 is 10.0 Å². The van der Waals surface area contributed by atoms with Gasteiger partial charge in [0.25, 0.3) is 0 Å². The molecule has 0 N–H and O–H groups in total. The topological polar surface area (TPSA) is 18.5 Å². The third kappa shape index (κ3) is 1.62. The van der Waals surface area contributed by atoms with Crippen LogP contribution in [0, 0.1) is 0 Å². The van der Waals surface area contributed by atoms with Gasteiger partial charge in [0.15, 0.2) is 0 Å². The number of ether oxygens (including phenoxy) is 2. The van der Waals surface area contributed by atoms with Crippen LogP contribution < -0.4 is 0 Å². The zero-order chi connectivity index (χ0) is 10.3. The minimum atomic E-state index is -0.773. The molecule has 1 fully saturated rings. The van der Waals surface area contributed by atoms with Crippen molar-refractivity contribution in [2.75, 3.05) is 19.3 Å². The molecule has 2 nitrogen and oxygen atoms in total. The van der Waals surface area contributed by atoms with Gasteiger partial charge in [-0.05, 0) is 31.6 Å². The van der Waals surface area contributed by atoms with Crippen molar-refractivity contribution in [3.05, 3.63) is 0 Å². The van der Waals surface area contributed by atoms with Crippen molar-refractivity contribution in [2.45, 2.75) is 44.0 Å². The lowest BCUT2D eigenvalue weighted by atomic mass is 10.2. The second-order valence-electron chi connectivity index (χ2n) is 4.54. The maximum Gasteiger partial charge on any atom is 0.149 e. The largest absolute Gasteiger partial charge is 0.349 e. The molecule has 0 aromatic heterocycles. The minimum Gasteiger partial charge on any atom is -0.349 e. The first-order chi connectivity index (χ1) is 5.82. The van der Waals surface area contributed by atoms with E-state index in [4.69, 9.17) is 9.47 Å². The molecule has 0 radical (unpaired) electrons. The fourth-order valence-corrected chi connectivity index (χ4v) is 3.78. The zero-order valence-corrected chi connectivity index (χ0v) is 10.4. The molecule has 1 aliphatic heterocycles. The Morgan fingerprint density at radius 2 is 1.92 bits per heavy atom. The number of hydrogen-bond donors (Lipinski definition) is 0. The smallest absolute Gasteiger partial charge is 0.149 e. The summed E-state index contributed by atoms with van der Waals surface area (Å²) in [5, 5.41) is 0.668. The molecule has 1 heterocycles. The summed E-state index contributed by atoms with van der Waals surface area (Å²) in [7, 11) is -0.773. The van der Waals surface area contributed by atoms with Gasteiger partial charge in [-0.2, -0.15) is 0 Å². The molecule has 3 heteroatoms. The second kappa shape index (κ2) is 3.44. The van der Waals surface area contributed by atoms with Crippen molar-refractivity contribution in [3.8, 4) is 0 Å². The molecule has 0 aromatic rings. The van der Waals surface area contributed by atoms with Gasteiger partial charge in [0.2, 0.25) is 0 Å². The normalized spacial score (nSPS) is 37.0. The van der Waals surface area contributed by atoms with Crippen LogP contribution in [-0.4, -0.2) is 35.6 Å². The Hall–Kier alpha value is 0.270. The van der Waals surface area contributed by atoms with Crippen molar-refractivity contribution in [2.24, 2.45) is 0 Å². The summed E-state index contributed by atoms with van der Waals surface area (Å²) in [6, 6.07) is 0. The van der Waals surface area contributed by atoms with Crippen LogP contribution >= 0.6 is 10.0 Å². The summed E-state index contributed by atoms with van der Waals surface area (Å²) in [6.07, 6.45) is 4.89. The maximum absolute atomic E-state index is 5.79. The highest BCUT2D eigenvalue weighted by Gasteiger charge is 2.48. The number of rotatable bonds is 2. The molecule has 13 heavy (non-hydrogen) atoms. The van der Waals surface area contributed by atoms with Crippen LogP contribution in [0.2, 0.25) is 0 Å². The third-order valence-electron chi connectivity index (χ3n) is 3.63. The SMILES string of the molecule is CC1OCOC1(C)S(C)(C)C(C)C. The molecule has 0 bridgehead atoms. The first kappa shape index (κ1) is 11.3. The van der Waals surface area contributed by atoms with E-state index >= 15 is 0 Å². The van der Waals surface area contributed by atoms with E-state index in [1.165, 1.54) is 0 Å². The molecular formula is C10H22O2S.